The number of para-hydroxylation sites is 1. The fourth-order valence-corrected chi connectivity index (χ4v) is 3.68. The number of carbonyl (C=O) groups excluding carboxylic acids is 3. The van der Waals surface area contributed by atoms with Gasteiger partial charge in [0.25, 0.3) is 0 Å². The van der Waals surface area contributed by atoms with E-state index in [1.54, 1.807) is 49.9 Å². The Morgan fingerprint density at radius 2 is 1.86 bits per heavy atom. The average Bonchev–Trinajstić information content (AvgIpc) is 3.21. The largest absolute Gasteiger partial charge is 0.490 e. The van der Waals surface area contributed by atoms with Gasteiger partial charge in [-0.2, -0.15) is 0 Å². The van der Waals surface area contributed by atoms with Crippen LogP contribution in [0.3, 0.4) is 0 Å². The van der Waals surface area contributed by atoms with E-state index in [0.717, 1.165) is 16.8 Å². The molecule has 0 spiro atoms. The van der Waals surface area contributed by atoms with E-state index in [9.17, 15) is 14.4 Å². The predicted octanol–water partition coefficient (Wildman–Crippen LogP) is 3.16. The van der Waals surface area contributed by atoms with Gasteiger partial charge in [0, 0.05) is 13.0 Å². The first-order valence-electron chi connectivity index (χ1n) is 11.6. The molecule has 0 aromatic heterocycles. The van der Waals surface area contributed by atoms with Crippen molar-refractivity contribution in [1.29, 1.82) is 0 Å². The van der Waals surface area contributed by atoms with E-state index in [4.69, 9.17) is 24.7 Å². The van der Waals surface area contributed by atoms with E-state index in [-0.39, 0.29) is 13.0 Å². The fraction of sp³-hybridized carbons (Fsp3) is 0.423. The van der Waals surface area contributed by atoms with Gasteiger partial charge in [0.1, 0.15) is 24.0 Å². The number of cyclic esters (lactones) is 1. The summed E-state index contributed by atoms with van der Waals surface area (Å²) < 4.78 is 21.3. The summed E-state index contributed by atoms with van der Waals surface area (Å²) >= 11 is 0. The first kappa shape index (κ1) is 26.8. The van der Waals surface area contributed by atoms with Gasteiger partial charge in [-0.3, -0.25) is 4.90 Å². The van der Waals surface area contributed by atoms with Crippen molar-refractivity contribution in [1.82, 2.24) is 5.32 Å². The van der Waals surface area contributed by atoms with Crippen LogP contribution >= 0.6 is 0 Å². The maximum atomic E-state index is 12.4. The van der Waals surface area contributed by atoms with Crippen LogP contribution in [-0.4, -0.2) is 56.2 Å². The predicted molar refractivity (Wildman–Crippen MR) is 133 cm³/mol. The van der Waals surface area contributed by atoms with E-state index in [1.807, 2.05) is 24.3 Å². The molecule has 2 atom stereocenters. The molecule has 10 heteroatoms. The molecule has 0 saturated carbocycles. The van der Waals surface area contributed by atoms with Crippen LogP contribution in [0.4, 0.5) is 15.3 Å². The van der Waals surface area contributed by atoms with Crippen molar-refractivity contribution < 1.29 is 33.3 Å². The SMILES string of the molecule is COC(=O)C(Cc1ccc(OCC2CN(c3ccccc3CN)C(=O)O2)cc1)NC(=O)OC(C)(C)C. The Balaban J connectivity index is 1.55. The first-order chi connectivity index (χ1) is 17.1. The Morgan fingerprint density at radius 1 is 1.17 bits per heavy atom. The number of nitrogens with one attached hydrogen (secondary N) is 1. The van der Waals surface area contributed by atoms with Crippen LogP contribution < -0.4 is 20.7 Å². The lowest BCUT2D eigenvalue weighted by Crippen LogP contribution is -2.45. The summed E-state index contributed by atoms with van der Waals surface area (Å²) in [6.45, 7) is 6.06. The third kappa shape index (κ3) is 7.35. The van der Waals surface area contributed by atoms with Gasteiger partial charge in [-0.25, -0.2) is 14.4 Å². The Morgan fingerprint density at radius 3 is 2.50 bits per heavy atom. The number of ether oxygens (including phenoxy) is 4. The zero-order valence-electron chi connectivity index (χ0n) is 21.0. The van der Waals surface area contributed by atoms with Gasteiger partial charge < -0.3 is 30.0 Å². The molecule has 3 N–H and O–H groups in total. The van der Waals surface area contributed by atoms with Crippen molar-refractivity contribution >= 4 is 23.8 Å². The maximum Gasteiger partial charge on any atom is 0.414 e. The molecular formula is C26H33N3O7. The highest BCUT2D eigenvalue weighted by Gasteiger charge is 2.33. The average molecular weight is 500 g/mol. The second-order valence-corrected chi connectivity index (χ2v) is 9.33. The standard InChI is InChI=1S/C26H33N3O7/c1-26(2,3)36-24(31)28-21(23(30)33-4)13-17-9-11-19(12-10-17)34-16-20-15-29(25(32)35-20)22-8-6-5-7-18(22)14-27/h5-12,20-21H,13-16,27H2,1-4H3,(H,28,31). The number of methoxy groups -OCH3 is 1. The molecule has 0 bridgehead atoms. The van der Waals surface area contributed by atoms with Crippen molar-refractivity contribution in [2.45, 2.75) is 51.5 Å². The van der Waals surface area contributed by atoms with Gasteiger partial charge in [-0.15, -0.1) is 0 Å². The van der Waals surface area contributed by atoms with Gasteiger partial charge in [-0.05, 0) is 50.1 Å². The molecule has 10 nitrogen and oxygen atoms in total. The third-order valence-electron chi connectivity index (χ3n) is 5.35. The number of hydrogen-bond donors (Lipinski definition) is 2. The second kappa shape index (κ2) is 11.8. The zero-order valence-corrected chi connectivity index (χ0v) is 21.0. The quantitative estimate of drug-likeness (QED) is 0.398. The molecule has 1 fully saturated rings. The highest BCUT2D eigenvalue weighted by Crippen LogP contribution is 2.26. The third-order valence-corrected chi connectivity index (χ3v) is 5.35. The highest BCUT2D eigenvalue weighted by molar-refractivity contribution is 5.90. The van der Waals surface area contributed by atoms with Gasteiger partial charge >= 0.3 is 18.2 Å². The normalized spacial score (nSPS) is 16.2. The van der Waals surface area contributed by atoms with E-state index in [2.05, 4.69) is 5.32 Å². The summed E-state index contributed by atoms with van der Waals surface area (Å²) in [5.41, 5.74) is 7.48. The molecule has 2 amide bonds. The minimum atomic E-state index is -0.906. The van der Waals surface area contributed by atoms with E-state index < -0.39 is 35.9 Å². The summed E-state index contributed by atoms with van der Waals surface area (Å²) in [4.78, 5) is 38.2. The summed E-state index contributed by atoms with van der Waals surface area (Å²) in [6, 6.07) is 13.6. The molecule has 1 aliphatic rings. The maximum absolute atomic E-state index is 12.4. The summed E-state index contributed by atoms with van der Waals surface area (Å²) in [6.07, 6.45) is -1.37. The lowest BCUT2D eigenvalue weighted by Gasteiger charge is -2.22. The number of alkyl carbamates (subject to hydrolysis) is 1. The summed E-state index contributed by atoms with van der Waals surface area (Å²) in [5, 5.41) is 2.55. The van der Waals surface area contributed by atoms with Crippen molar-refractivity contribution in [3.8, 4) is 5.75 Å². The topological polar surface area (TPSA) is 129 Å². The van der Waals surface area contributed by atoms with E-state index in [1.165, 1.54) is 7.11 Å². The number of amides is 2. The Bertz CT molecular complexity index is 1070. The zero-order chi connectivity index (χ0) is 26.3. The van der Waals surface area contributed by atoms with Crippen molar-refractivity contribution in [3.63, 3.8) is 0 Å². The van der Waals surface area contributed by atoms with Gasteiger partial charge in [-0.1, -0.05) is 30.3 Å². The molecule has 1 heterocycles. The molecule has 3 rings (SSSR count). The van der Waals surface area contributed by atoms with Crippen LogP contribution in [0.1, 0.15) is 31.9 Å². The van der Waals surface area contributed by atoms with Gasteiger partial charge in [0.15, 0.2) is 6.10 Å². The number of nitrogens with two attached hydrogens (primary N) is 1. The lowest BCUT2D eigenvalue weighted by atomic mass is 10.1. The molecule has 1 aliphatic heterocycles. The molecule has 0 aliphatic carbocycles. The van der Waals surface area contributed by atoms with Crippen LogP contribution in [0, 0.1) is 0 Å². The number of anilines is 1. The Labute approximate surface area is 210 Å². The summed E-state index contributed by atoms with van der Waals surface area (Å²) in [5.74, 6) is -0.00433. The minimum Gasteiger partial charge on any atom is -0.490 e. The Hall–Kier alpha value is -3.79. The molecule has 2 aromatic carbocycles. The van der Waals surface area contributed by atoms with Crippen LogP contribution in [0.25, 0.3) is 0 Å². The van der Waals surface area contributed by atoms with Crippen molar-refractivity contribution in [2.75, 3.05) is 25.2 Å². The van der Waals surface area contributed by atoms with Crippen molar-refractivity contribution in [2.24, 2.45) is 5.73 Å². The molecule has 0 radical (unpaired) electrons. The molecule has 2 aromatic rings. The molecule has 2 unspecified atom stereocenters. The highest BCUT2D eigenvalue weighted by atomic mass is 16.6. The summed E-state index contributed by atoms with van der Waals surface area (Å²) in [7, 11) is 1.26. The molecule has 1 saturated heterocycles. The number of rotatable bonds is 9. The monoisotopic (exact) mass is 499 g/mol. The number of benzene rings is 2. The lowest BCUT2D eigenvalue weighted by molar-refractivity contribution is -0.143. The minimum absolute atomic E-state index is 0.178. The number of nitrogens with zero attached hydrogens (tertiary/aromatic N) is 1. The number of esters is 1. The van der Waals surface area contributed by atoms with Gasteiger partial charge in [0.05, 0.1) is 19.3 Å². The first-order valence-corrected chi connectivity index (χ1v) is 11.6. The van der Waals surface area contributed by atoms with E-state index >= 15 is 0 Å². The smallest absolute Gasteiger partial charge is 0.414 e. The molecule has 36 heavy (non-hydrogen) atoms. The second-order valence-electron chi connectivity index (χ2n) is 9.33. The van der Waals surface area contributed by atoms with Gasteiger partial charge in [0.2, 0.25) is 0 Å². The van der Waals surface area contributed by atoms with Crippen LogP contribution in [0.15, 0.2) is 48.5 Å². The van der Waals surface area contributed by atoms with Crippen molar-refractivity contribution in [3.05, 3.63) is 59.7 Å². The molecular weight excluding hydrogens is 466 g/mol. The van der Waals surface area contributed by atoms with Crippen LogP contribution in [0.2, 0.25) is 0 Å². The Kier molecular flexibility index (Phi) is 8.76. The van der Waals surface area contributed by atoms with Crippen LogP contribution in [-0.2, 0) is 32.0 Å². The van der Waals surface area contributed by atoms with Crippen LogP contribution in [0.5, 0.6) is 5.75 Å². The molecule has 194 valence electrons. The van der Waals surface area contributed by atoms with E-state index in [0.29, 0.717) is 18.8 Å². The fourth-order valence-electron chi connectivity index (χ4n) is 3.68. The number of hydrogen-bond acceptors (Lipinski definition) is 8. The number of carbonyl (C=O) groups is 3.